The summed E-state index contributed by atoms with van der Waals surface area (Å²) in [4.78, 5) is 14.2. The molecule has 0 saturated heterocycles. The van der Waals surface area contributed by atoms with Gasteiger partial charge in [0, 0.05) is 13.6 Å². The summed E-state index contributed by atoms with van der Waals surface area (Å²) in [5.74, 6) is 0.673. The zero-order chi connectivity index (χ0) is 18.4. The van der Waals surface area contributed by atoms with Crippen LogP contribution in [0.3, 0.4) is 0 Å². The molecule has 134 valence electrons. The molecule has 6 heteroatoms. The van der Waals surface area contributed by atoms with Crippen LogP contribution in [0.15, 0.2) is 60.8 Å². The Hall–Kier alpha value is -3.15. The first-order valence-electron chi connectivity index (χ1n) is 8.57. The minimum atomic E-state index is -0.154. The minimum absolute atomic E-state index is 0.154. The smallest absolute Gasteiger partial charge is 0.276 e. The standard InChI is InChI=1S/C20H22N4O2/c1-3-26-18-11-9-17(10-12-18)13-23(2)20(25)19-15-24(22-21-19)14-16-7-5-4-6-8-16/h4-12,15H,3,13-14H2,1-2H3. The average molecular weight is 350 g/mol. The fourth-order valence-corrected chi connectivity index (χ4v) is 2.64. The Morgan fingerprint density at radius 3 is 2.50 bits per heavy atom. The third kappa shape index (κ3) is 4.47. The van der Waals surface area contributed by atoms with Crippen molar-refractivity contribution in [3.8, 4) is 5.75 Å². The number of hydrogen-bond donors (Lipinski definition) is 0. The van der Waals surface area contributed by atoms with Crippen LogP contribution in [0.5, 0.6) is 5.75 Å². The van der Waals surface area contributed by atoms with Gasteiger partial charge < -0.3 is 9.64 Å². The number of carbonyl (C=O) groups excluding carboxylic acids is 1. The largest absolute Gasteiger partial charge is 0.494 e. The molecule has 26 heavy (non-hydrogen) atoms. The first kappa shape index (κ1) is 17.7. The summed E-state index contributed by atoms with van der Waals surface area (Å²) in [6.07, 6.45) is 1.68. The second-order valence-electron chi connectivity index (χ2n) is 6.03. The van der Waals surface area contributed by atoms with E-state index in [1.807, 2.05) is 61.5 Å². The summed E-state index contributed by atoms with van der Waals surface area (Å²) in [6, 6.07) is 17.7. The third-order valence-corrected chi connectivity index (χ3v) is 3.95. The van der Waals surface area contributed by atoms with Crippen molar-refractivity contribution in [1.29, 1.82) is 0 Å². The van der Waals surface area contributed by atoms with Crippen LogP contribution in [-0.4, -0.2) is 39.5 Å². The van der Waals surface area contributed by atoms with Gasteiger partial charge in [0.05, 0.1) is 19.3 Å². The molecule has 0 N–H and O–H groups in total. The number of nitrogens with zero attached hydrogens (tertiary/aromatic N) is 4. The quantitative estimate of drug-likeness (QED) is 0.657. The Kier molecular flexibility index (Phi) is 5.63. The van der Waals surface area contributed by atoms with Crippen LogP contribution < -0.4 is 4.74 Å². The molecule has 0 aliphatic rings. The number of amides is 1. The zero-order valence-corrected chi connectivity index (χ0v) is 15.0. The topological polar surface area (TPSA) is 60.2 Å². The Bertz CT molecular complexity index is 844. The highest BCUT2D eigenvalue weighted by molar-refractivity contribution is 5.91. The number of carbonyl (C=O) groups is 1. The third-order valence-electron chi connectivity index (χ3n) is 3.95. The van der Waals surface area contributed by atoms with Gasteiger partial charge in [0.2, 0.25) is 0 Å². The monoisotopic (exact) mass is 350 g/mol. The first-order chi connectivity index (χ1) is 12.7. The zero-order valence-electron chi connectivity index (χ0n) is 15.0. The maximum absolute atomic E-state index is 12.6. The van der Waals surface area contributed by atoms with Crippen LogP contribution in [0.4, 0.5) is 0 Å². The van der Waals surface area contributed by atoms with Gasteiger partial charge in [0.25, 0.3) is 5.91 Å². The highest BCUT2D eigenvalue weighted by Gasteiger charge is 2.16. The van der Waals surface area contributed by atoms with Crippen LogP contribution in [-0.2, 0) is 13.1 Å². The van der Waals surface area contributed by atoms with Crippen molar-refractivity contribution in [2.24, 2.45) is 0 Å². The molecule has 1 aromatic heterocycles. The van der Waals surface area contributed by atoms with Crippen LogP contribution in [0, 0.1) is 0 Å². The van der Waals surface area contributed by atoms with E-state index in [0.717, 1.165) is 16.9 Å². The summed E-state index contributed by atoms with van der Waals surface area (Å²) >= 11 is 0. The highest BCUT2D eigenvalue weighted by Crippen LogP contribution is 2.14. The van der Waals surface area contributed by atoms with Gasteiger partial charge in [-0.15, -0.1) is 5.10 Å². The van der Waals surface area contributed by atoms with Crippen LogP contribution in [0.25, 0.3) is 0 Å². The average Bonchev–Trinajstić information content (AvgIpc) is 3.12. The van der Waals surface area contributed by atoms with Gasteiger partial charge in [0.1, 0.15) is 5.75 Å². The van der Waals surface area contributed by atoms with Gasteiger partial charge >= 0.3 is 0 Å². The van der Waals surface area contributed by atoms with E-state index in [1.54, 1.807) is 22.8 Å². The molecule has 1 heterocycles. The molecule has 0 aliphatic heterocycles. The Morgan fingerprint density at radius 2 is 1.81 bits per heavy atom. The lowest BCUT2D eigenvalue weighted by molar-refractivity contribution is 0.0779. The number of aromatic nitrogens is 3. The first-order valence-corrected chi connectivity index (χ1v) is 8.57. The van der Waals surface area contributed by atoms with Crippen molar-refractivity contribution in [2.75, 3.05) is 13.7 Å². The van der Waals surface area contributed by atoms with E-state index in [9.17, 15) is 4.79 Å². The van der Waals surface area contributed by atoms with E-state index in [2.05, 4.69) is 10.3 Å². The van der Waals surface area contributed by atoms with Crippen molar-refractivity contribution >= 4 is 5.91 Å². The van der Waals surface area contributed by atoms with E-state index in [0.29, 0.717) is 25.4 Å². The minimum Gasteiger partial charge on any atom is -0.494 e. The summed E-state index contributed by atoms with van der Waals surface area (Å²) in [7, 11) is 1.76. The maximum Gasteiger partial charge on any atom is 0.276 e. The number of rotatable bonds is 7. The molecule has 3 aromatic rings. The number of hydrogen-bond acceptors (Lipinski definition) is 4. The van der Waals surface area contributed by atoms with Crippen LogP contribution in [0.2, 0.25) is 0 Å². The van der Waals surface area contributed by atoms with Crippen LogP contribution >= 0.6 is 0 Å². The van der Waals surface area contributed by atoms with Crippen molar-refractivity contribution in [2.45, 2.75) is 20.0 Å². The van der Waals surface area contributed by atoms with Crippen molar-refractivity contribution in [3.63, 3.8) is 0 Å². The van der Waals surface area contributed by atoms with Crippen molar-refractivity contribution in [3.05, 3.63) is 77.6 Å². The molecule has 0 atom stereocenters. The van der Waals surface area contributed by atoms with Gasteiger partial charge in [-0.05, 0) is 30.2 Å². The Labute approximate surface area is 153 Å². The van der Waals surface area contributed by atoms with Gasteiger partial charge in [-0.3, -0.25) is 4.79 Å². The molecule has 6 nitrogen and oxygen atoms in total. The van der Waals surface area contributed by atoms with E-state index in [-0.39, 0.29) is 5.91 Å². The van der Waals surface area contributed by atoms with Gasteiger partial charge in [-0.2, -0.15) is 0 Å². The summed E-state index contributed by atoms with van der Waals surface area (Å²) in [5, 5.41) is 8.07. The molecule has 0 unspecified atom stereocenters. The summed E-state index contributed by atoms with van der Waals surface area (Å²) in [6.45, 7) is 3.67. The van der Waals surface area contributed by atoms with Gasteiger partial charge in [-0.1, -0.05) is 47.7 Å². The number of ether oxygens (including phenoxy) is 1. The Balaban J connectivity index is 1.61. The molecular formula is C20H22N4O2. The fraction of sp³-hybridized carbons (Fsp3) is 0.250. The SMILES string of the molecule is CCOc1ccc(CN(C)C(=O)c2cn(Cc3ccccc3)nn2)cc1. The van der Waals surface area contributed by atoms with Crippen LogP contribution in [0.1, 0.15) is 28.5 Å². The molecule has 0 radical (unpaired) electrons. The van der Waals surface area contributed by atoms with E-state index < -0.39 is 0 Å². The van der Waals surface area contributed by atoms with Crippen molar-refractivity contribution < 1.29 is 9.53 Å². The second kappa shape index (κ2) is 8.29. The molecule has 0 aliphatic carbocycles. The van der Waals surface area contributed by atoms with Crippen molar-refractivity contribution in [1.82, 2.24) is 19.9 Å². The Morgan fingerprint density at radius 1 is 1.08 bits per heavy atom. The molecule has 0 bridgehead atoms. The molecule has 0 fully saturated rings. The lowest BCUT2D eigenvalue weighted by atomic mass is 10.2. The summed E-state index contributed by atoms with van der Waals surface area (Å²) in [5.41, 5.74) is 2.48. The maximum atomic E-state index is 12.6. The summed E-state index contributed by atoms with van der Waals surface area (Å²) < 4.78 is 7.11. The molecule has 2 aromatic carbocycles. The van der Waals surface area contributed by atoms with Gasteiger partial charge in [-0.25, -0.2) is 4.68 Å². The van der Waals surface area contributed by atoms with E-state index in [4.69, 9.17) is 4.74 Å². The normalized spacial score (nSPS) is 10.5. The molecule has 0 saturated carbocycles. The van der Waals surface area contributed by atoms with E-state index >= 15 is 0 Å². The van der Waals surface area contributed by atoms with E-state index in [1.165, 1.54) is 0 Å². The second-order valence-corrected chi connectivity index (χ2v) is 6.03. The molecular weight excluding hydrogens is 328 g/mol. The molecule has 3 rings (SSSR count). The fourth-order valence-electron chi connectivity index (χ4n) is 2.64. The molecule has 1 amide bonds. The molecule has 0 spiro atoms. The lowest BCUT2D eigenvalue weighted by Gasteiger charge is -2.16. The van der Waals surface area contributed by atoms with Gasteiger partial charge in [0.15, 0.2) is 5.69 Å². The lowest BCUT2D eigenvalue weighted by Crippen LogP contribution is -2.26. The predicted molar refractivity (Wildman–Crippen MR) is 99.0 cm³/mol. The predicted octanol–water partition coefficient (Wildman–Crippen LogP) is 3.00. The highest BCUT2D eigenvalue weighted by atomic mass is 16.5. The number of benzene rings is 2.